The molecule has 0 aromatic heterocycles. The second-order valence-corrected chi connectivity index (χ2v) is 6.12. The summed E-state index contributed by atoms with van der Waals surface area (Å²) in [5.74, 6) is 0. The molecular formula is C15H23NO. The van der Waals surface area contributed by atoms with Crippen LogP contribution in [0.2, 0.25) is 0 Å². The van der Waals surface area contributed by atoms with E-state index in [1.165, 1.54) is 11.1 Å². The van der Waals surface area contributed by atoms with E-state index in [9.17, 15) is 5.11 Å². The molecule has 0 unspecified atom stereocenters. The molecule has 0 amide bonds. The smallest absolute Gasteiger partial charge is 0.0679 e. The Labute approximate surface area is 104 Å². The van der Waals surface area contributed by atoms with Gasteiger partial charge in [-0.25, -0.2) is 0 Å². The second-order valence-electron chi connectivity index (χ2n) is 6.12. The number of hydrogen-bond donors (Lipinski definition) is 1. The number of aliphatic hydroxyl groups excluding tert-OH is 1. The molecule has 0 saturated carbocycles. The fraction of sp³-hybridized carbons (Fsp3) is 0.600. The lowest BCUT2D eigenvalue weighted by Crippen LogP contribution is -2.21. The minimum atomic E-state index is -0.121. The summed E-state index contributed by atoms with van der Waals surface area (Å²) in [7, 11) is 0. The number of likely N-dealkylation sites (tertiary alicyclic amines) is 1. The average Bonchev–Trinajstić information content (AvgIpc) is 2.63. The first-order valence-electron chi connectivity index (χ1n) is 6.45. The molecule has 1 aromatic carbocycles. The zero-order valence-electron chi connectivity index (χ0n) is 11.1. The molecule has 0 bridgehead atoms. The Bertz CT molecular complexity index is 364. The lowest BCUT2D eigenvalue weighted by molar-refractivity contribution is 0.175. The first-order chi connectivity index (χ1) is 7.95. The summed E-state index contributed by atoms with van der Waals surface area (Å²) in [5, 5.41) is 9.49. The van der Waals surface area contributed by atoms with Gasteiger partial charge in [-0.05, 0) is 23.0 Å². The van der Waals surface area contributed by atoms with Crippen LogP contribution in [-0.4, -0.2) is 29.2 Å². The molecule has 1 aromatic rings. The Kier molecular flexibility index (Phi) is 3.55. The minimum Gasteiger partial charge on any atom is -0.392 e. The van der Waals surface area contributed by atoms with Crippen molar-refractivity contribution in [1.29, 1.82) is 0 Å². The van der Waals surface area contributed by atoms with Gasteiger partial charge in [0, 0.05) is 19.6 Å². The van der Waals surface area contributed by atoms with Crippen LogP contribution in [0.25, 0.3) is 0 Å². The topological polar surface area (TPSA) is 23.5 Å². The largest absolute Gasteiger partial charge is 0.392 e. The number of β-amino-alcohol motifs (C(OH)–C–C–N with tert-alkyl or cyclic N) is 1. The molecule has 2 heteroatoms. The normalized spacial score (nSPS) is 22.0. The third kappa shape index (κ3) is 3.30. The summed E-state index contributed by atoms with van der Waals surface area (Å²) < 4.78 is 0. The highest BCUT2D eigenvalue weighted by Crippen LogP contribution is 2.23. The summed E-state index contributed by atoms with van der Waals surface area (Å²) in [6.45, 7) is 9.50. The first kappa shape index (κ1) is 12.6. The van der Waals surface area contributed by atoms with Crippen LogP contribution in [0.4, 0.5) is 0 Å². The van der Waals surface area contributed by atoms with Crippen molar-refractivity contribution in [2.24, 2.45) is 0 Å². The Morgan fingerprint density at radius 3 is 2.35 bits per heavy atom. The number of hydrogen-bond acceptors (Lipinski definition) is 2. The summed E-state index contributed by atoms with van der Waals surface area (Å²) in [6.07, 6.45) is 0.795. The molecule has 17 heavy (non-hydrogen) atoms. The molecule has 0 aliphatic carbocycles. The maximum Gasteiger partial charge on any atom is 0.0679 e. The van der Waals surface area contributed by atoms with E-state index in [4.69, 9.17) is 0 Å². The summed E-state index contributed by atoms with van der Waals surface area (Å²) in [4.78, 5) is 2.32. The van der Waals surface area contributed by atoms with Crippen molar-refractivity contribution in [3.8, 4) is 0 Å². The Balaban J connectivity index is 1.99. The summed E-state index contributed by atoms with van der Waals surface area (Å²) in [5.41, 5.74) is 2.94. The number of nitrogens with zero attached hydrogens (tertiary/aromatic N) is 1. The molecule has 1 saturated heterocycles. The maximum atomic E-state index is 9.49. The van der Waals surface area contributed by atoms with E-state index in [1.807, 2.05) is 0 Å². The number of benzene rings is 1. The van der Waals surface area contributed by atoms with Crippen molar-refractivity contribution in [1.82, 2.24) is 4.90 Å². The molecule has 1 N–H and O–H groups in total. The third-order valence-corrected chi connectivity index (χ3v) is 3.47. The van der Waals surface area contributed by atoms with Gasteiger partial charge in [-0.2, -0.15) is 0 Å². The predicted molar refractivity (Wildman–Crippen MR) is 71.0 cm³/mol. The van der Waals surface area contributed by atoms with Crippen LogP contribution >= 0.6 is 0 Å². The molecule has 1 aliphatic rings. The molecule has 2 nitrogen and oxygen atoms in total. The van der Waals surface area contributed by atoms with Crippen molar-refractivity contribution in [2.75, 3.05) is 13.1 Å². The van der Waals surface area contributed by atoms with Crippen molar-refractivity contribution in [2.45, 2.75) is 45.3 Å². The van der Waals surface area contributed by atoms with Gasteiger partial charge in [-0.3, -0.25) is 4.90 Å². The SMILES string of the molecule is CC(C)(C)c1ccc(CN2CC[C@H](O)C2)cc1. The van der Waals surface area contributed by atoms with E-state index in [-0.39, 0.29) is 11.5 Å². The van der Waals surface area contributed by atoms with Gasteiger partial charge in [-0.1, -0.05) is 45.0 Å². The minimum absolute atomic E-state index is 0.121. The standard InChI is InChI=1S/C15H23NO/c1-15(2,3)13-6-4-12(5-7-13)10-16-9-8-14(17)11-16/h4-7,14,17H,8-11H2,1-3H3/t14-/m0/s1. The van der Waals surface area contributed by atoms with E-state index < -0.39 is 0 Å². The van der Waals surface area contributed by atoms with Crippen LogP contribution < -0.4 is 0 Å². The van der Waals surface area contributed by atoms with Gasteiger partial charge in [-0.15, -0.1) is 0 Å². The van der Waals surface area contributed by atoms with Crippen LogP contribution in [0.3, 0.4) is 0 Å². The lowest BCUT2D eigenvalue weighted by Gasteiger charge is -2.20. The van der Waals surface area contributed by atoms with Gasteiger partial charge in [0.15, 0.2) is 0 Å². The predicted octanol–water partition coefficient (Wildman–Crippen LogP) is 2.55. The van der Waals surface area contributed by atoms with E-state index >= 15 is 0 Å². The van der Waals surface area contributed by atoms with E-state index in [0.29, 0.717) is 0 Å². The summed E-state index contributed by atoms with van der Waals surface area (Å²) >= 11 is 0. The third-order valence-electron chi connectivity index (χ3n) is 3.47. The molecule has 1 fully saturated rings. The zero-order valence-corrected chi connectivity index (χ0v) is 11.1. The van der Waals surface area contributed by atoms with Gasteiger partial charge < -0.3 is 5.11 Å². The molecule has 1 aliphatic heterocycles. The van der Waals surface area contributed by atoms with E-state index in [1.54, 1.807) is 0 Å². The fourth-order valence-corrected chi connectivity index (χ4v) is 2.32. The number of aliphatic hydroxyl groups is 1. The second kappa shape index (κ2) is 4.79. The van der Waals surface area contributed by atoms with Crippen LogP contribution in [0, 0.1) is 0 Å². The molecule has 1 atom stereocenters. The van der Waals surface area contributed by atoms with Crippen molar-refractivity contribution in [3.05, 3.63) is 35.4 Å². The highest BCUT2D eigenvalue weighted by molar-refractivity contribution is 5.27. The van der Waals surface area contributed by atoms with Crippen molar-refractivity contribution >= 4 is 0 Å². The first-order valence-corrected chi connectivity index (χ1v) is 6.45. The summed E-state index contributed by atoms with van der Waals surface area (Å²) in [6, 6.07) is 8.88. The van der Waals surface area contributed by atoms with Gasteiger partial charge >= 0.3 is 0 Å². The van der Waals surface area contributed by atoms with E-state index in [0.717, 1.165) is 26.1 Å². The van der Waals surface area contributed by atoms with Crippen molar-refractivity contribution < 1.29 is 5.11 Å². The van der Waals surface area contributed by atoms with Crippen LogP contribution in [0.15, 0.2) is 24.3 Å². The molecule has 0 spiro atoms. The molecule has 94 valence electrons. The monoisotopic (exact) mass is 233 g/mol. The Morgan fingerprint density at radius 1 is 1.24 bits per heavy atom. The van der Waals surface area contributed by atoms with Gasteiger partial charge in [0.2, 0.25) is 0 Å². The lowest BCUT2D eigenvalue weighted by atomic mass is 9.87. The van der Waals surface area contributed by atoms with Crippen LogP contribution in [0.5, 0.6) is 0 Å². The van der Waals surface area contributed by atoms with Gasteiger partial charge in [0.25, 0.3) is 0 Å². The van der Waals surface area contributed by atoms with Crippen LogP contribution in [-0.2, 0) is 12.0 Å². The molecule has 2 rings (SSSR count). The highest BCUT2D eigenvalue weighted by atomic mass is 16.3. The Hall–Kier alpha value is -0.860. The van der Waals surface area contributed by atoms with Crippen LogP contribution in [0.1, 0.15) is 38.3 Å². The average molecular weight is 233 g/mol. The molecule has 0 radical (unpaired) electrons. The maximum absolute atomic E-state index is 9.49. The van der Waals surface area contributed by atoms with Crippen molar-refractivity contribution in [3.63, 3.8) is 0 Å². The van der Waals surface area contributed by atoms with Gasteiger partial charge in [0.05, 0.1) is 6.10 Å². The zero-order chi connectivity index (χ0) is 12.5. The quantitative estimate of drug-likeness (QED) is 0.848. The molecule has 1 heterocycles. The highest BCUT2D eigenvalue weighted by Gasteiger charge is 2.20. The fourth-order valence-electron chi connectivity index (χ4n) is 2.32. The molecular weight excluding hydrogens is 210 g/mol. The van der Waals surface area contributed by atoms with E-state index in [2.05, 4.69) is 49.9 Å². The number of rotatable bonds is 2. The van der Waals surface area contributed by atoms with Gasteiger partial charge in [0.1, 0.15) is 0 Å². The Morgan fingerprint density at radius 2 is 1.88 bits per heavy atom.